The van der Waals surface area contributed by atoms with Gasteiger partial charge in [0.05, 0.1) is 19.3 Å². The second-order valence-corrected chi connectivity index (χ2v) is 3.08. The Labute approximate surface area is 80.6 Å². The summed E-state index contributed by atoms with van der Waals surface area (Å²) < 4.78 is 0. The first kappa shape index (κ1) is 10.8. The molecule has 1 N–H and O–H groups in total. The van der Waals surface area contributed by atoms with Crippen LogP contribution in [0.2, 0.25) is 0 Å². The lowest BCUT2D eigenvalue weighted by molar-refractivity contribution is -1.12. The first-order chi connectivity index (χ1) is 6.50. The Morgan fingerprint density at radius 2 is 1.93 bits per heavy atom. The Balaban J connectivity index is 2.69. The standard InChI is InChI=1S/C8H12NO5/c1-2-3-8(12)14-9(13)6(10)4-5-7(9)11/h13H,2-5H2,1H3/q+1. The number of carbonyl (C=O) groups is 3. The molecule has 0 aliphatic carbocycles. The molecule has 0 aromatic heterocycles. The van der Waals surface area contributed by atoms with E-state index in [9.17, 15) is 19.6 Å². The number of amides is 2. The molecular weight excluding hydrogens is 190 g/mol. The van der Waals surface area contributed by atoms with E-state index in [-0.39, 0.29) is 19.3 Å². The van der Waals surface area contributed by atoms with Gasteiger partial charge in [-0.05, 0) is 6.42 Å². The highest BCUT2D eigenvalue weighted by molar-refractivity contribution is 5.91. The Kier molecular flexibility index (Phi) is 2.97. The van der Waals surface area contributed by atoms with Crippen LogP contribution in [0.4, 0.5) is 0 Å². The predicted octanol–water partition coefficient (Wildman–Crippen LogP) is 0.298. The maximum absolute atomic E-state index is 11.1. The minimum Gasteiger partial charge on any atom is -0.245 e. The summed E-state index contributed by atoms with van der Waals surface area (Å²) in [6.45, 7) is 1.75. The number of hydrogen-bond acceptors (Lipinski definition) is 5. The van der Waals surface area contributed by atoms with Crippen molar-refractivity contribution in [2.45, 2.75) is 32.6 Å². The Hall–Kier alpha value is -1.27. The van der Waals surface area contributed by atoms with E-state index in [2.05, 4.69) is 4.84 Å². The van der Waals surface area contributed by atoms with Crippen LogP contribution in [0.25, 0.3) is 0 Å². The van der Waals surface area contributed by atoms with E-state index < -0.39 is 22.6 Å². The maximum Gasteiger partial charge on any atom is 0.397 e. The summed E-state index contributed by atoms with van der Waals surface area (Å²) in [5.74, 6) is -2.34. The van der Waals surface area contributed by atoms with E-state index in [0.29, 0.717) is 6.42 Å². The van der Waals surface area contributed by atoms with Crippen LogP contribution < -0.4 is 0 Å². The van der Waals surface area contributed by atoms with E-state index >= 15 is 0 Å². The van der Waals surface area contributed by atoms with Crippen LogP contribution in [0.3, 0.4) is 0 Å². The molecule has 1 fully saturated rings. The third-order valence-corrected chi connectivity index (χ3v) is 1.92. The molecule has 2 amide bonds. The van der Waals surface area contributed by atoms with Gasteiger partial charge < -0.3 is 0 Å². The summed E-state index contributed by atoms with van der Waals surface area (Å²) >= 11 is 0. The Bertz CT molecular complexity index is 269. The second kappa shape index (κ2) is 3.85. The molecule has 1 rings (SSSR count). The van der Waals surface area contributed by atoms with Crippen molar-refractivity contribution < 1.29 is 29.2 Å². The first-order valence-corrected chi connectivity index (χ1v) is 4.41. The van der Waals surface area contributed by atoms with Crippen LogP contribution in [0.1, 0.15) is 32.6 Å². The van der Waals surface area contributed by atoms with Crippen molar-refractivity contribution in [2.24, 2.45) is 0 Å². The summed E-state index contributed by atoms with van der Waals surface area (Å²) in [5.41, 5.74) is 0. The molecule has 1 heterocycles. The van der Waals surface area contributed by atoms with Crippen LogP contribution >= 0.6 is 0 Å². The first-order valence-electron chi connectivity index (χ1n) is 4.41. The number of hydroxylamine groups is 4. The van der Waals surface area contributed by atoms with Gasteiger partial charge in [0.1, 0.15) is 4.81 Å². The summed E-state index contributed by atoms with van der Waals surface area (Å²) in [6, 6.07) is 0. The molecule has 0 unspecified atom stereocenters. The SMILES string of the molecule is CCCC(=O)O[N+]1(O)C(=O)CCC1=O. The van der Waals surface area contributed by atoms with Crippen molar-refractivity contribution in [1.82, 2.24) is 0 Å². The van der Waals surface area contributed by atoms with Gasteiger partial charge in [0.2, 0.25) is 0 Å². The van der Waals surface area contributed by atoms with E-state index in [1.54, 1.807) is 6.92 Å². The minimum absolute atomic E-state index is 0.0706. The number of nitrogens with zero attached hydrogens (tertiary/aromatic N) is 1. The van der Waals surface area contributed by atoms with Gasteiger partial charge in [-0.1, -0.05) is 6.92 Å². The van der Waals surface area contributed by atoms with Crippen LogP contribution in [0.15, 0.2) is 0 Å². The number of carbonyl (C=O) groups excluding carboxylic acids is 3. The largest absolute Gasteiger partial charge is 0.397 e. The lowest BCUT2D eigenvalue weighted by Crippen LogP contribution is -2.50. The van der Waals surface area contributed by atoms with Gasteiger partial charge in [-0.3, -0.25) is 0 Å². The third kappa shape index (κ3) is 1.80. The molecule has 1 saturated heterocycles. The fourth-order valence-corrected chi connectivity index (χ4v) is 1.15. The average molecular weight is 202 g/mol. The molecule has 0 bridgehead atoms. The average Bonchev–Trinajstić information content (AvgIpc) is 2.34. The molecule has 6 nitrogen and oxygen atoms in total. The van der Waals surface area contributed by atoms with Crippen LogP contribution in [-0.2, 0) is 19.2 Å². The third-order valence-electron chi connectivity index (χ3n) is 1.92. The summed E-state index contributed by atoms with van der Waals surface area (Å²) in [5, 5.41) is 9.42. The molecule has 0 radical (unpaired) electrons. The number of quaternary nitrogens is 1. The molecule has 0 atom stereocenters. The number of rotatable bonds is 3. The molecule has 6 heteroatoms. The zero-order valence-electron chi connectivity index (χ0n) is 7.86. The van der Waals surface area contributed by atoms with Crippen molar-refractivity contribution in [2.75, 3.05) is 0 Å². The van der Waals surface area contributed by atoms with Gasteiger partial charge in [-0.15, -0.1) is 0 Å². The van der Waals surface area contributed by atoms with Crippen molar-refractivity contribution in [1.29, 1.82) is 0 Å². The molecular formula is C8H12NO5+. The predicted molar refractivity (Wildman–Crippen MR) is 42.3 cm³/mol. The fourth-order valence-electron chi connectivity index (χ4n) is 1.15. The Morgan fingerprint density at radius 3 is 2.36 bits per heavy atom. The highest BCUT2D eigenvalue weighted by Gasteiger charge is 2.55. The highest BCUT2D eigenvalue weighted by Crippen LogP contribution is 2.21. The topological polar surface area (TPSA) is 80.7 Å². The van der Waals surface area contributed by atoms with Crippen LogP contribution in [-0.4, -0.2) is 27.8 Å². The van der Waals surface area contributed by atoms with Gasteiger partial charge in [-0.25, -0.2) is 19.2 Å². The highest BCUT2D eigenvalue weighted by atomic mass is 17.0. The molecule has 78 valence electrons. The second-order valence-electron chi connectivity index (χ2n) is 3.08. The minimum atomic E-state index is -1.81. The zero-order valence-corrected chi connectivity index (χ0v) is 7.86. The maximum atomic E-state index is 11.1. The quantitative estimate of drug-likeness (QED) is 0.404. The van der Waals surface area contributed by atoms with Gasteiger partial charge in [0, 0.05) is 0 Å². The molecule has 0 spiro atoms. The zero-order chi connectivity index (χ0) is 10.8. The monoisotopic (exact) mass is 202 g/mol. The van der Waals surface area contributed by atoms with Crippen molar-refractivity contribution in [3.8, 4) is 0 Å². The van der Waals surface area contributed by atoms with E-state index in [0.717, 1.165) is 0 Å². The van der Waals surface area contributed by atoms with Gasteiger partial charge >= 0.3 is 17.8 Å². The lowest BCUT2D eigenvalue weighted by atomic mass is 10.3. The lowest BCUT2D eigenvalue weighted by Gasteiger charge is -2.15. The molecule has 14 heavy (non-hydrogen) atoms. The van der Waals surface area contributed by atoms with Crippen molar-refractivity contribution in [3.05, 3.63) is 0 Å². The Morgan fingerprint density at radius 1 is 1.43 bits per heavy atom. The number of imide groups is 1. The molecule has 1 aliphatic rings. The molecule has 0 aromatic carbocycles. The van der Waals surface area contributed by atoms with E-state index in [1.807, 2.05) is 0 Å². The van der Waals surface area contributed by atoms with Crippen LogP contribution in [0, 0.1) is 0 Å². The normalized spacial score (nSPS) is 19.9. The molecule has 0 saturated carbocycles. The van der Waals surface area contributed by atoms with Gasteiger partial charge in [0.25, 0.3) is 0 Å². The van der Waals surface area contributed by atoms with Gasteiger partial charge in [-0.2, -0.15) is 5.21 Å². The number of hydrogen-bond donors (Lipinski definition) is 1. The summed E-state index contributed by atoms with van der Waals surface area (Å²) in [6.07, 6.45) is 0.422. The van der Waals surface area contributed by atoms with E-state index in [4.69, 9.17) is 0 Å². The fraction of sp³-hybridized carbons (Fsp3) is 0.625. The van der Waals surface area contributed by atoms with Gasteiger partial charge in [0.15, 0.2) is 0 Å². The van der Waals surface area contributed by atoms with Crippen LogP contribution in [0.5, 0.6) is 0 Å². The van der Waals surface area contributed by atoms with Crippen molar-refractivity contribution >= 4 is 17.8 Å². The van der Waals surface area contributed by atoms with E-state index in [1.165, 1.54) is 0 Å². The smallest absolute Gasteiger partial charge is 0.245 e. The summed E-state index contributed by atoms with van der Waals surface area (Å²) in [7, 11) is 0. The summed E-state index contributed by atoms with van der Waals surface area (Å²) in [4.78, 5) is 35.7. The molecule has 1 aliphatic heterocycles. The molecule has 0 aromatic rings. The van der Waals surface area contributed by atoms with Crippen molar-refractivity contribution in [3.63, 3.8) is 0 Å².